The third kappa shape index (κ3) is 2.52. The summed E-state index contributed by atoms with van der Waals surface area (Å²) in [6.45, 7) is 0. The van der Waals surface area contributed by atoms with Crippen LogP contribution in [0.3, 0.4) is 0 Å². The summed E-state index contributed by atoms with van der Waals surface area (Å²) in [6, 6.07) is 12.5. The summed E-state index contributed by atoms with van der Waals surface area (Å²) in [4.78, 5) is 4.03. The first-order chi connectivity index (χ1) is 8.33. The van der Waals surface area contributed by atoms with Crippen LogP contribution in [0.1, 0.15) is 5.56 Å². The lowest BCUT2D eigenvalue weighted by atomic mass is 10.3. The summed E-state index contributed by atoms with van der Waals surface area (Å²) in [5, 5.41) is 8.77. The molecule has 0 saturated carbocycles. The second-order valence-corrected chi connectivity index (χ2v) is 3.25. The van der Waals surface area contributed by atoms with E-state index in [-0.39, 0.29) is 0 Å². The van der Waals surface area contributed by atoms with Gasteiger partial charge in [0.2, 0.25) is 5.88 Å². The van der Waals surface area contributed by atoms with Gasteiger partial charge in [-0.1, -0.05) is 12.1 Å². The number of hydrogen-bond donors (Lipinski definition) is 0. The smallest absolute Gasteiger partial charge is 0.220 e. The molecule has 2 rings (SSSR count). The number of benzene rings is 1. The number of para-hydroxylation sites is 2. The van der Waals surface area contributed by atoms with Crippen LogP contribution in [0.2, 0.25) is 0 Å². The second kappa shape index (κ2) is 4.99. The van der Waals surface area contributed by atoms with Crippen molar-refractivity contribution in [3.63, 3.8) is 0 Å². The average molecular weight is 226 g/mol. The number of nitrogens with zero attached hydrogens (tertiary/aromatic N) is 2. The van der Waals surface area contributed by atoms with Crippen LogP contribution in [0.4, 0.5) is 0 Å². The van der Waals surface area contributed by atoms with E-state index in [1.807, 2.05) is 18.2 Å². The maximum atomic E-state index is 8.77. The Morgan fingerprint density at radius 1 is 1.18 bits per heavy atom. The topological polar surface area (TPSA) is 55.1 Å². The predicted molar refractivity (Wildman–Crippen MR) is 62.0 cm³/mol. The van der Waals surface area contributed by atoms with E-state index in [9.17, 15) is 0 Å². The van der Waals surface area contributed by atoms with Crippen molar-refractivity contribution in [3.05, 3.63) is 48.2 Å². The fourth-order valence-electron chi connectivity index (χ4n) is 1.35. The second-order valence-electron chi connectivity index (χ2n) is 3.25. The van der Waals surface area contributed by atoms with E-state index in [1.54, 1.807) is 31.4 Å². The highest BCUT2D eigenvalue weighted by molar-refractivity contribution is 5.42. The van der Waals surface area contributed by atoms with Gasteiger partial charge < -0.3 is 9.47 Å². The first-order valence-corrected chi connectivity index (χ1v) is 5.00. The number of methoxy groups -OCH3 is 1. The standard InChI is InChI=1S/C13H10N2O2/c1-16-11-4-2-3-5-12(11)17-13-8-10(9-14)6-7-15-13/h2-8H,1H3. The molecule has 0 aliphatic rings. The van der Waals surface area contributed by atoms with Gasteiger partial charge in [0.1, 0.15) is 0 Å². The van der Waals surface area contributed by atoms with Crippen LogP contribution >= 0.6 is 0 Å². The number of aromatic nitrogens is 1. The van der Waals surface area contributed by atoms with Gasteiger partial charge in [-0.25, -0.2) is 4.98 Å². The Kier molecular flexibility index (Phi) is 3.22. The van der Waals surface area contributed by atoms with Crippen molar-refractivity contribution in [1.29, 1.82) is 5.26 Å². The number of ether oxygens (including phenoxy) is 2. The molecule has 0 unspecified atom stereocenters. The lowest BCUT2D eigenvalue weighted by Gasteiger charge is -2.08. The fourth-order valence-corrected chi connectivity index (χ4v) is 1.35. The highest BCUT2D eigenvalue weighted by atomic mass is 16.5. The van der Waals surface area contributed by atoms with Crippen molar-refractivity contribution in [2.45, 2.75) is 0 Å². The third-order valence-electron chi connectivity index (χ3n) is 2.15. The molecule has 0 fully saturated rings. The summed E-state index contributed by atoms with van der Waals surface area (Å²) in [5.41, 5.74) is 0.505. The number of nitriles is 1. The van der Waals surface area contributed by atoms with Gasteiger partial charge in [0.15, 0.2) is 11.5 Å². The third-order valence-corrected chi connectivity index (χ3v) is 2.15. The predicted octanol–water partition coefficient (Wildman–Crippen LogP) is 2.75. The fraction of sp³-hybridized carbons (Fsp3) is 0.0769. The van der Waals surface area contributed by atoms with Gasteiger partial charge in [0.25, 0.3) is 0 Å². The van der Waals surface area contributed by atoms with Crippen LogP contribution in [-0.4, -0.2) is 12.1 Å². The molecule has 1 aromatic heterocycles. The monoisotopic (exact) mass is 226 g/mol. The van der Waals surface area contributed by atoms with Crippen LogP contribution in [0.25, 0.3) is 0 Å². The van der Waals surface area contributed by atoms with Gasteiger partial charge in [-0.15, -0.1) is 0 Å². The molecule has 0 aliphatic carbocycles. The highest BCUT2D eigenvalue weighted by Crippen LogP contribution is 2.29. The van der Waals surface area contributed by atoms with Gasteiger partial charge >= 0.3 is 0 Å². The Hall–Kier alpha value is -2.54. The molecule has 0 spiro atoms. The minimum atomic E-state index is 0.369. The normalized spacial score (nSPS) is 9.41. The zero-order valence-electron chi connectivity index (χ0n) is 9.25. The quantitative estimate of drug-likeness (QED) is 0.807. The first kappa shape index (κ1) is 11.0. The molecular weight excluding hydrogens is 216 g/mol. The zero-order chi connectivity index (χ0) is 12.1. The maximum Gasteiger partial charge on any atom is 0.220 e. The minimum absolute atomic E-state index is 0.369. The van der Waals surface area contributed by atoms with E-state index in [2.05, 4.69) is 4.98 Å². The van der Waals surface area contributed by atoms with Gasteiger partial charge in [0.05, 0.1) is 18.7 Å². The molecule has 4 heteroatoms. The zero-order valence-corrected chi connectivity index (χ0v) is 9.25. The van der Waals surface area contributed by atoms with Crippen LogP contribution in [0.15, 0.2) is 42.6 Å². The maximum absolute atomic E-state index is 8.77. The molecule has 2 aromatic rings. The molecule has 0 radical (unpaired) electrons. The van der Waals surface area contributed by atoms with E-state index < -0.39 is 0 Å². The molecular formula is C13H10N2O2. The van der Waals surface area contributed by atoms with Crippen molar-refractivity contribution in [2.75, 3.05) is 7.11 Å². The number of rotatable bonds is 3. The molecule has 17 heavy (non-hydrogen) atoms. The molecule has 1 aromatic carbocycles. The molecule has 0 atom stereocenters. The van der Waals surface area contributed by atoms with Crippen molar-refractivity contribution in [2.24, 2.45) is 0 Å². The van der Waals surface area contributed by atoms with E-state index in [4.69, 9.17) is 14.7 Å². The molecule has 0 bridgehead atoms. The Morgan fingerprint density at radius 2 is 1.94 bits per heavy atom. The van der Waals surface area contributed by atoms with Crippen molar-refractivity contribution in [3.8, 4) is 23.4 Å². The van der Waals surface area contributed by atoms with Gasteiger partial charge in [-0.05, 0) is 18.2 Å². The van der Waals surface area contributed by atoms with Crippen LogP contribution in [0, 0.1) is 11.3 Å². The van der Waals surface area contributed by atoms with Gasteiger partial charge in [-0.3, -0.25) is 0 Å². The van der Waals surface area contributed by atoms with E-state index >= 15 is 0 Å². The minimum Gasteiger partial charge on any atom is -0.493 e. The van der Waals surface area contributed by atoms with Gasteiger partial charge in [0, 0.05) is 12.3 Å². The van der Waals surface area contributed by atoms with Crippen molar-refractivity contribution in [1.82, 2.24) is 4.98 Å². The highest BCUT2D eigenvalue weighted by Gasteiger charge is 2.05. The lowest BCUT2D eigenvalue weighted by Crippen LogP contribution is -1.92. The summed E-state index contributed by atoms with van der Waals surface area (Å²) in [7, 11) is 1.57. The SMILES string of the molecule is COc1ccccc1Oc1cc(C#N)ccn1. The van der Waals surface area contributed by atoms with Crippen LogP contribution in [0.5, 0.6) is 17.4 Å². The van der Waals surface area contributed by atoms with Gasteiger partial charge in [-0.2, -0.15) is 5.26 Å². The molecule has 0 aliphatic heterocycles. The largest absolute Gasteiger partial charge is 0.493 e. The molecule has 0 saturated heterocycles. The Balaban J connectivity index is 2.28. The number of hydrogen-bond acceptors (Lipinski definition) is 4. The van der Waals surface area contributed by atoms with Crippen molar-refractivity contribution < 1.29 is 9.47 Å². The average Bonchev–Trinajstić information content (AvgIpc) is 2.39. The van der Waals surface area contributed by atoms with Crippen molar-refractivity contribution >= 4 is 0 Å². The van der Waals surface area contributed by atoms with E-state index in [0.717, 1.165) is 0 Å². The van der Waals surface area contributed by atoms with E-state index in [1.165, 1.54) is 6.20 Å². The Bertz CT molecular complexity index is 561. The summed E-state index contributed by atoms with van der Waals surface area (Å²) in [5.74, 6) is 1.56. The molecule has 0 N–H and O–H groups in total. The molecule has 0 amide bonds. The summed E-state index contributed by atoms with van der Waals surface area (Å²) < 4.78 is 10.7. The number of pyridine rings is 1. The van der Waals surface area contributed by atoms with Crippen LogP contribution in [-0.2, 0) is 0 Å². The first-order valence-electron chi connectivity index (χ1n) is 5.00. The molecule has 4 nitrogen and oxygen atoms in total. The lowest BCUT2D eigenvalue weighted by molar-refractivity contribution is 0.374. The molecule has 84 valence electrons. The van der Waals surface area contributed by atoms with E-state index in [0.29, 0.717) is 22.9 Å². The van der Waals surface area contributed by atoms with Crippen LogP contribution < -0.4 is 9.47 Å². The summed E-state index contributed by atoms with van der Waals surface area (Å²) >= 11 is 0. The molecule has 1 heterocycles. The Morgan fingerprint density at radius 3 is 2.65 bits per heavy atom. The Labute approximate surface area is 99.1 Å². The summed E-state index contributed by atoms with van der Waals surface area (Å²) in [6.07, 6.45) is 1.53.